The van der Waals surface area contributed by atoms with Crippen molar-refractivity contribution >= 4 is 11.9 Å². The summed E-state index contributed by atoms with van der Waals surface area (Å²) >= 11 is 0. The maximum Gasteiger partial charge on any atom is 0.297 e. The van der Waals surface area contributed by atoms with E-state index in [-0.39, 0.29) is 17.8 Å². The molecule has 0 unspecified atom stereocenters. The minimum Gasteiger partial charge on any atom is -0.474 e. The third-order valence-electron chi connectivity index (χ3n) is 0.918. The Balaban J connectivity index is 2.81. The van der Waals surface area contributed by atoms with Crippen LogP contribution in [0.5, 0.6) is 5.88 Å². The molecule has 0 saturated carbocycles. The van der Waals surface area contributed by atoms with Crippen LogP contribution in [0.2, 0.25) is 0 Å². The number of nitrogens with zero attached hydrogens (tertiary/aromatic N) is 1. The van der Waals surface area contributed by atoms with E-state index in [4.69, 9.17) is 16.2 Å². The molecule has 0 aliphatic carbocycles. The molecule has 1 heterocycles. The van der Waals surface area contributed by atoms with Gasteiger partial charge in [-0.25, -0.2) is 0 Å². The summed E-state index contributed by atoms with van der Waals surface area (Å²) in [6.07, 6.45) is 0. The fraction of sp³-hybridized carbons (Fsp3) is 0.400. The summed E-state index contributed by atoms with van der Waals surface area (Å²) in [5, 5.41) is 0. The zero-order valence-electron chi connectivity index (χ0n) is 5.63. The summed E-state index contributed by atoms with van der Waals surface area (Å²) in [6.45, 7) is 2.32. The van der Waals surface area contributed by atoms with Gasteiger partial charge in [0.25, 0.3) is 17.8 Å². The van der Waals surface area contributed by atoms with E-state index in [0.29, 0.717) is 6.61 Å². The lowest BCUT2D eigenvalue weighted by atomic mass is 10.7. The highest BCUT2D eigenvalue weighted by atomic mass is 16.5. The zero-order chi connectivity index (χ0) is 7.56. The summed E-state index contributed by atoms with van der Waals surface area (Å²) < 4.78 is 9.63. The van der Waals surface area contributed by atoms with Crippen molar-refractivity contribution in [3.05, 3.63) is 0 Å². The Morgan fingerprint density at radius 1 is 1.60 bits per heavy atom. The van der Waals surface area contributed by atoms with Gasteiger partial charge in [0.15, 0.2) is 0 Å². The normalized spacial score (nSPS) is 9.70. The molecule has 10 heavy (non-hydrogen) atoms. The van der Waals surface area contributed by atoms with E-state index in [0.717, 1.165) is 0 Å². The van der Waals surface area contributed by atoms with Crippen molar-refractivity contribution in [1.29, 1.82) is 0 Å². The molecule has 5 nitrogen and oxygen atoms in total. The van der Waals surface area contributed by atoms with Gasteiger partial charge in [-0.1, -0.05) is 0 Å². The quantitative estimate of drug-likeness (QED) is 0.619. The maximum atomic E-state index is 5.29. The van der Waals surface area contributed by atoms with E-state index < -0.39 is 0 Å². The molecule has 0 aliphatic heterocycles. The number of nitrogen functional groups attached to an aromatic ring is 2. The first-order chi connectivity index (χ1) is 4.74. The minimum atomic E-state index is 0.0287. The number of anilines is 2. The third-order valence-corrected chi connectivity index (χ3v) is 0.918. The summed E-state index contributed by atoms with van der Waals surface area (Å²) in [6, 6.07) is 0.0287. The summed E-state index contributed by atoms with van der Waals surface area (Å²) in [5.74, 6) is 0.388. The largest absolute Gasteiger partial charge is 0.474 e. The number of hydrogen-bond donors (Lipinski definition) is 2. The average molecular weight is 143 g/mol. The molecule has 0 saturated heterocycles. The predicted molar refractivity (Wildman–Crippen MR) is 36.5 cm³/mol. The van der Waals surface area contributed by atoms with Crippen molar-refractivity contribution in [2.75, 3.05) is 18.1 Å². The van der Waals surface area contributed by atoms with Gasteiger partial charge in [0, 0.05) is 0 Å². The highest BCUT2D eigenvalue weighted by Crippen LogP contribution is 2.21. The Labute approximate surface area is 58.0 Å². The zero-order valence-corrected chi connectivity index (χ0v) is 5.63. The van der Waals surface area contributed by atoms with E-state index in [1.165, 1.54) is 0 Å². The number of ether oxygens (including phenoxy) is 1. The summed E-state index contributed by atoms with van der Waals surface area (Å²) in [5.41, 5.74) is 10.5. The second kappa shape index (κ2) is 2.47. The lowest BCUT2D eigenvalue weighted by Crippen LogP contribution is -1.94. The Morgan fingerprint density at radius 3 is 2.70 bits per heavy atom. The Morgan fingerprint density at radius 2 is 2.30 bits per heavy atom. The smallest absolute Gasteiger partial charge is 0.297 e. The van der Waals surface area contributed by atoms with Gasteiger partial charge in [0.2, 0.25) is 0 Å². The summed E-state index contributed by atoms with van der Waals surface area (Å²) in [7, 11) is 0. The second-order valence-electron chi connectivity index (χ2n) is 1.65. The van der Waals surface area contributed by atoms with Crippen LogP contribution in [0.1, 0.15) is 6.92 Å². The van der Waals surface area contributed by atoms with Crippen molar-refractivity contribution in [2.45, 2.75) is 6.92 Å². The van der Waals surface area contributed by atoms with E-state index in [1.807, 2.05) is 6.92 Å². The molecule has 0 amide bonds. The molecule has 5 heteroatoms. The van der Waals surface area contributed by atoms with Crippen molar-refractivity contribution in [3.8, 4) is 5.88 Å². The van der Waals surface area contributed by atoms with Crippen LogP contribution in [0.25, 0.3) is 0 Å². The maximum absolute atomic E-state index is 5.29. The van der Waals surface area contributed by atoms with Crippen LogP contribution in [-0.2, 0) is 0 Å². The molecule has 56 valence electrons. The number of oxazole rings is 1. The molecule has 0 atom stereocenters. The highest BCUT2D eigenvalue weighted by Gasteiger charge is 2.07. The molecule has 0 bridgehead atoms. The first kappa shape index (κ1) is 6.73. The number of rotatable bonds is 2. The van der Waals surface area contributed by atoms with Crippen molar-refractivity contribution in [3.63, 3.8) is 0 Å². The topological polar surface area (TPSA) is 87.3 Å². The molecule has 1 rings (SSSR count). The Bertz CT molecular complexity index is 221. The molecule has 1 aromatic rings. The fourth-order valence-electron chi connectivity index (χ4n) is 0.574. The van der Waals surface area contributed by atoms with Crippen LogP contribution in [0.4, 0.5) is 11.9 Å². The standard InChI is InChI=1S/C5H9N3O2/c1-2-9-4-3(6)10-5(7)8-4/h2,6H2,1H3,(H2,7,8). The molecule has 0 aliphatic rings. The van der Waals surface area contributed by atoms with Gasteiger partial charge >= 0.3 is 0 Å². The minimum absolute atomic E-state index is 0.0287. The van der Waals surface area contributed by atoms with E-state index in [2.05, 4.69) is 9.40 Å². The fourth-order valence-corrected chi connectivity index (χ4v) is 0.574. The van der Waals surface area contributed by atoms with Crippen LogP contribution < -0.4 is 16.2 Å². The molecule has 0 aromatic carbocycles. The monoisotopic (exact) mass is 143 g/mol. The lowest BCUT2D eigenvalue weighted by Gasteiger charge is -1.94. The van der Waals surface area contributed by atoms with Crippen LogP contribution in [0.3, 0.4) is 0 Å². The van der Waals surface area contributed by atoms with Crippen molar-refractivity contribution in [1.82, 2.24) is 4.98 Å². The van der Waals surface area contributed by atoms with E-state index in [9.17, 15) is 0 Å². The highest BCUT2D eigenvalue weighted by molar-refractivity contribution is 5.41. The van der Waals surface area contributed by atoms with Gasteiger partial charge in [-0.05, 0) is 6.92 Å². The predicted octanol–water partition coefficient (Wildman–Crippen LogP) is 0.238. The van der Waals surface area contributed by atoms with Gasteiger partial charge in [0.05, 0.1) is 6.61 Å². The molecule has 4 N–H and O–H groups in total. The van der Waals surface area contributed by atoms with E-state index >= 15 is 0 Å². The molecule has 0 spiro atoms. The van der Waals surface area contributed by atoms with Gasteiger partial charge in [-0.2, -0.15) is 4.98 Å². The van der Waals surface area contributed by atoms with Crippen molar-refractivity contribution in [2.24, 2.45) is 0 Å². The van der Waals surface area contributed by atoms with Gasteiger partial charge in [0.1, 0.15) is 0 Å². The van der Waals surface area contributed by atoms with Gasteiger partial charge in [-0.15, -0.1) is 0 Å². The van der Waals surface area contributed by atoms with E-state index in [1.54, 1.807) is 0 Å². The Hall–Kier alpha value is -1.39. The number of hydrogen-bond acceptors (Lipinski definition) is 5. The average Bonchev–Trinajstić information content (AvgIpc) is 2.13. The van der Waals surface area contributed by atoms with Crippen LogP contribution >= 0.6 is 0 Å². The Kier molecular flexibility index (Phi) is 1.66. The molecule has 0 radical (unpaired) electrons. The second-order valence-corrected chi connectivity index (χ2v) is 1.65. The van der Waals surface area contributed by atoms with Crippen molar-refractivity contribution < 1.29 is 9.15 Å². The van der Waals surface area contributed by atoms with Crippen LogP contribution in [-0.4, -0.2) is 11.6 Å². The third kappa shape index (κ3) is 1.12. The summed E-state index contributed by atoms with van der Waals surface area (Å²) in [4.78, 5) is 3.66. The van der Waals surface area contributed by atoms with Gasteiger partial charge < -0.3 is 20.6 Å². The van der Waals surface area contributed by atoms with Crippen LogP contribution in [0, 0.1) is 0 Å². The first-order valence-electron chi connectivity index (χ1n) is 2.88. The van der Waals surface area contributed by atoms with Crippen LogP contribution in [0.15, 0.2) is 4.42 Å². The molecular formula is C5H9N3O2. The number of aromatic nitrogens is 1. The SMILES string of the molecule is CCOc1nc(N)oc1N. The van der Waals surface area contributed by atoms with Gasteiger partial charge in [-0.3, -0.25) is 0 Å². The molecule has 0 fully saturated rings. The lowest BCUT2D eigenvalue weighted by molar-refractivity contribution is 0.328. The molecular weight excluding hydrogens is 134 g/mol. The first-order valence-corrected chi connectivity index (χ1v) is 2.88. The number of nitrogens with two attached hydrogens (primary N) is 2. The molecule has 1 aromatic heterocycles.